The molecule has 3 rings (SSSR count). The van der Waals surface area contributed by atoms with Crippen LogP contribution in [-0.4, -0.2) is 34.1 Å². The van der Waals surface area contributed by atoms with Gasteiger partial charge in [-0.2, -0.15) is 5.10 Å². The maximum Gasteiger partial charge on any atom is 0.407 e. The Hall–Kier alpha value is -2.08. The number of benzene rings is 1. The van der Waals surface area contributed by atoms with Gasteiger partial charge in [0.25, 0.3) is 0 Å². The molecule has 2 atom stereocenters. The van der Waals surface area contributed by atoms with Gasteiger partial charge in [0.15, 0.2) is 6.23 Å². The van der Waals surface area contributed by atoms with Crippen LogP contribution in [0.1, 0.15) is 58.7 Å². The minimum atomic E-state index is -0.495. The van der Waals surface area contributed by atoms with Crippen LogP contribution >= 0.6 is 0 Å². The fraction of sp³-hybridized carbons (Fsp3) is 0.600. The largest absolute Gasteiger partial charge is 0.444 e. The van der Waals surface area contributed by atoms with E-state index in [1.54, 1.807) is 0 Å². The summed E-state index contributed by atoms with van der Waals surface area (Å²) < 4.78 is 13.2. The summed E-state index contributed by atoms with van der Waals surface area (Å²) in [5.41, 5.74) is 1.75. The molecule has 1 aliphatic heterocycles. The predicted octanol–water partition coefficient (Wildman–Crippen LogP) is 4.19. The maximum absolute atomic E-state index is 12.0. The number of hydrogen-bond donors (Lipinski definition) is 1. The molecule has 2 aromatic rings. The summed E-state index contributed by atoms with van der Waals surface area (Å²) in [6.07, 6.45) is 5.54. The standard InChI is InChI=1S/C20H29N3O3/c1-14(22-19(24)26-20(2,3)4)12-15-8-7-9-17-16(15)13-21-23(17)18-10-5-6-11-25-18/h7-9,13-14,18H,5-6,10-12H2,1-4H3,(H,22,24). The molecule has 1 amide bonds. The van der Waals surface area contributed by atoms with E-state index in [2.05, 4.69) is 22.5 Å². The summed E-state index contributed by atoms with van der Waals surface area (Å²) in [6.45, 7) is 8.36. The third-order valence-corrected chi connectivity index (χ3v) is 4.45. The number of aromatic nitrogens is 2. The van der Waals surface area contributed by atoms with E-state index in [1.807, 2.05) is 44.6 Å². The molecule has 6 nitrogen and oxygen atoms in total. The zero-order valence-electron chi connectivity index (χ0n) is 16.1. The van der Waals surface area contributed by atoms with E-state index < -0.39 is 5.60 Å². The molecule has 142 valence electrons. The number of hydrogen-bond acceptors (Lipinski definition) is 4. The lowest BCUT2D eigenvalue weighted by molar-refractivity contribution is -0.0366. The normalized spacial score (nSPS) is 19.3. The van der Waals surface area contributed by atoms with Gasteiger partial charge in [-0.1, -0.05) is 12.1 Å². The molecule has 0 bridgehead atoms. The first kappa shape index (κ1) is 18.7. The van der Waals surface area contributed by atoms with Crippen LogP contribution in [0.3, 0.4) is 0 Å². The van der Waals surface area contributed by atoms with E-state index in [9.17, 15) is 4.79 Å². The second-order valence-electron chi connectivity index (χ2n) is 8.01. The highest BCUT2D eigenvalue weighted by Gasteiger charge is 2.21. The summed E-state index contributed by atoms with van der Waals surface area (Å²) in [7, 11) is 0. The van der Waals surface area contributed by atoms with Gasteiger partial charge in [-0.25, -0.2) is 9.48 Å². The van der Waals surface area contributed by atoms with Crippen molar-refractivity contribution >= 4 is 17.0 Å². The van der Waals surface area contributed by atoms with Crippen LogP contribution in [0.5, 0.6) is 0 Å². The van der Waals surface area contributed by atoms with E-state index in [-0.39, 0.29) is 18.4 Å². The Balaban J connectivity index is 1.72. The number of nitrogens with one attached hydrogen (secondary N) is 1. The summed E-state index contributed by atoms with van der Waals surface area (Å²) >= 11 is 0. The van der Waals surface area contributed by atoms with Gasteiger partial charge in [0.05, 0.1) is 11.7 Å². The quantitative estimate of drug-likeness (QED) is 0.889. The van der Waals surface area contributed by atoms with Crippen molar-refractivity contribution in [1.82, 2.24) is 15.1 Å². The van der Waals surface area contributed by atoms with Crippen molar-refractivity contribution in [2.45, 2.75) is 71.2 Å². The van der Waals surface area contributed by atoms with Crippen molar-refractivity contribution in [2.24, 2.45) is 0 Å². The van der Waals surface area contributed by atoms with E-state index >= 15 is 0 Å². The maximum atomic E-state index is 12.0. The zero-order chi connectivity index (χ0) is 18.7. The molecule has 0 spiro atoms. The second-order valence-corrected chi connectivity index (χ2v) is 8.01. The van der Waals surface area contributed by atoms with Gasteiger partial charge in [0, 0.05) is 18.0 Å². The average molecular weight is 359 g/mol. The summed E-state index contributed by atoms with van der Waals surface area (Å²) in [5.74, 6) is 0. The van der Waals surface area contributed by atoms with Gasteiger partial charge >= 0.3 is 6.09 Å². The topological polar surface area (TPSA) is 65.4 Å². The number of alkyl carbamates (subject to hydrolysis) is 1. The number of fused-ring (bicyclic) bond motifs is 1. The highest BCUT2D eigenvalue weighted by atomic mass is 16.6. The Morgan fingerprint density at radius 3 is 2.92 bits per heavy atom. The van der Waals surface area contributed by atoms with Gasteiger partial charge in [0.2, 0.25) is 0 Å². The lowest BCUT2D eigenvalue weighted by atomic mass is 10.0. The lowest BCUT2D eigenvalue weighted by Crippen LogP contribution is -2.38. The smallest absolute Gasteiger partial charge is 0.407 e. The number of carbonyl (C=O) groups is 1. The molecule has 1 aliphatic rings. The van der Waals surface area contributed by atoms with Gasteiger partial charge in [-0.05, 0) is 65.0 Å². The van der Waals surface area contributed by atoms with Crippen molar-refractivity contribution in [3.63, 3.8) is 0 Å². The average Bonchev–Trinajstić information content (AvgIpc) is 2.98. The molecular formula is C20H29N3O3. The van der Waals surface area contributed by atoms with Gasteiger partial charge in [0.1, 0.15) is 5.60 Å². The van der Waals surface area contributed by atoms with Crippen molar-refractivity contribution in [2.75, 3.05) is 6.61 Å². The Bertz CT molecular complexity index is 757. The molecular weight excluding hydrogens is 330 g/mol. The fourth-order valence-electron chi connectivity index (χ4n) is 3.34. The molecule has 1 saturated heterocycles. The molecule has 1 aromatic heterocycles. The molecule has 6 heteroatoms. The number of ether oxygens (including phenoxy) is 2. The molecule has 1 fully saturated rings. The molecule has 1 aromatic carbocycles. The van der Waals surface area contributed by atoms with Crippen molar-refractivity contribution in [3.05, 3.63) is 30.0 Å². The van der Waals surface area contributed by atoms with Crippen LogP contribution < -0.4 is 5.32 Å². The monoisotopic (exact) mass is 359 g/mol. The first-order valence-corrected chi connectivity index (χ1v) is 9.40. The van der Waals surface area contributed by atoms with E-state index in [0.29, 0.717) is 6.42 Å². The van der Waals surface area contributed by atoms with Gasteiger partial charge in [-0.15, -0.1) is 0 Å². The molecule has 0 radical (unpaired) electrons. The third-order valence-electron chi connectivity index (χ3n) is 4.45. The molecule has 26 heavy (non-hydrogen) atoms. The first-order valence-electron chi connectivity index (χ1n) is 9.40. The SMILES string of the molecule is CC(Cc1cccc2c1cnn2C1CCCCO1)NC(=O)OC(C)(C)C. The first-order chi connectivity index (χ1) is 12.3. The zero-order valence-corrected chi connectivity index (χ0v) is 16.1. The van der Waals surface area contributed by atoms with Crippen molar-refractivity contribution < 1.29 is 14.3 Å². The minimum absolute atomic E-state index is 0.0220. The molecule has 0 saturated carbocycles. The minimum Gasteiger partial charge on any atom is -0.444 e. The van der Waals surface area contributed by atoms with Crippen LogP contribution in [0.4, 0.5) is 4.79 Å². The second kappa shape index (κ2) is 7.66. The molecule has 1 N–H and O–H groups in total. The van der Waals surface area contributed by atoms with E-state index in [4.69, 9.17) is 9.47 Å². The van der Waals surface area contributed by atoms with Crippen molar-refractivity contribution in [3.8, 4) is 0 Å². The Morgan fingerprint density at radius 2 is 2.23 bits per heavy atom. The number of carbonyl (C=O) groups excluding carboxylic acids is 1. The summed E-state index contributed by atoms with van der Waals surface area (Å²) in [5, 5.41) is 8.59. The Labute approximate surface area is 154 Å². The van der Waals surface area contributed by atoms with E-state index in [1.165, 1.54) is 6.42 Å². The molecule has 2 unspecified atom stereocenters. The molecule has 0 aliphatic carbocycles. The number of amides is 1. The van der Waals surface area contributed by atoms with Crippen LogP contribution in [0, 0.1) is 0 Å². The van der Waals surface area contributed by atoms with Gasteiger partial charge in [-0.3, -0.25) is 0 Å². The number of rotatable bonds is 4. The summed E-state index contributed by atoms with van der Waals surface area (Å²) in [6, 6.07) is 6.17. The molecule has 2 heterocycles. The highest BCUT2D eigenvalue weighted by molar-refractivity contribution is 5.82. The Kier molecular flexibility index (Phi) is 5.51. The Morgan fingerprint density at radius 1 is 1.42 bits per heavy atom. The van der Waals surface area contributed by atoms with Gasteiger partial charge < -0.3 is 14.8 Å². The van der Waals surface area contributed by atoms with Crippen LogP contribution in [0.25, 0.3) is 10.9 Å². The number of nitrogens with zero attached hydrogens (tertiary/aromatic N) is 2. The van der Waals surface area contributed by atoms with Crippen LogP contribution in [-0.2, 0) is 15.9 Å². The van der Waals surface area contributed by atoms with Crippen LogP contribution in [0.15, 0.2) is 24.4 Å². The van der Waals surface area contributed by atoms with E-state index in [0.717, 1.165) is 35.9 Å². The lowest BCUT2D eigenvalue weighted by Gasteiger charge is -2.23. The fourth-order valence-corrected chi connectivity index (χ4v) is 3.34. The van der Waals surface area contributed by atoms with Crippen molar-refractivity contribution in [1.29, 1.82) is 0 Å². The predicted molar refractivity (Wildman–Crippen MR) is 101 cm³/mol. The summed E-state index contributed by atoms with van der Waals surface area (Å²) in [4.78, 5) is 12.0. The third kappa shape index (κ3) is 4.55. The highest BCUT2D eigenvalue weighted by Crippen LogP contribution is 2.28. The van der Waals surface area contributed by atoms with Crippen LogP contribution in [0.2, 0.25) is 0 Å².